The molecule has 2 rings (SSSR count). The summed E-state index contributed by atoms with van der Waals surface area (Å²) in [5.41, 5.74) is 2.69. The predicted molar refractivity (Wildman–Crippen MR) is 70.9 cm³/mol. The molecule has 2 nitrogen and oxygen atoms in total. The third-order valence-electron chi connectivity index (χ3n) is 3.64. The summed E-state index contributed by atoms with van der Waals surface area (Å²) in [6.45, 7) is 7.55. The Morgan fingerprint density at radius 1 is 1.53 bits per heavy atom. The molecule has 1 aromatic heterocycles. The zero-order valence-electron chi connectivity index (χ0n) is 11.1. The maximum atomic E-state index is 10.2. The van der Waals surface area contributed by atoms with Gasteiger partial charge in [-0.2, -0.15) is 0 Å². The Bertz CT molecular complexity index is 415. The highest BCUT2D eigenvalue weighted by Crippen LogP contribution is 2.41. The van der Waals surface area contributed by atoms with E-state index in [0.29, 0.717) is 0 Å². The first-order valence-electron chi connectivity index (χ1n) is 6.50. The van der Waals surface area contributed by atoms with E-state index in [1.807, 2.05) is 0 Å². The Kier molecular flexibility index (Phi) is 3.43. The minimum Gasteiger partial charge on any atom is -0.388 e. The summed E-state index contributed by atoms with van der Waals surface area (Å²) in [4.78, 5) is 0. The highest BCUT2D eigenvalue weighted by Gasteiger charge is 2.32. The van der Waals surface area contributed by atoms with Crippen LogP contribution in [-0.2, 0) is 13.0 Å². The fourth-order valence-corrected chi connectivity index (χ4v) is 2.78. The van der Waals surface area contributed by atoms with Crippen molar-refractivity contribution in [2.24, 2.45) is 5.41 Å². The molecule has 1 aliphatic rings. The summed E-state index contributed by atoms with van der Waals surface area (Å²) in [6.07, 6.45) is 9.14. The van der Waals surface area contributed by atoms with Gasteiger partial charge in [0.2, 0.25) is 0 Å². The van der Waals surface area contributed by atoms with Gasteiger partial charge in [0.15, 0.2) is 0 Å². The molecule has 0 aliphatic heterocycles. The molecular weight excluding hydrogens is 210 g/mol. The van der Waals surface area contributed by atoms with Crippen LogP contribution in [0, 0.1) is 5.41 Å². The summed E-state index contributed by atoms with van der Waals surface area (Å²) >= 11 is 0. The first kappa shape index (κ1) is 12.4. The van der Waals surface area contributed by atoms with Gasteiger partial charge in [-0.15, -0.1) is 0 Å². The second kappa shape index (κ2) is 4.69. The van der Waals surface area contributed by atoms with Gasteiger partial charge in [0.05, 0.1) is 6.10 Å². The van der Waals surface area contributed by atoms with Gasteiger partial charge in [-0.05, 0) is 37.7 Å². The summed E-state index contributed by atoms with van der Waals surface area (Å²) in [6, 6.07) is 2.09. The third-order valence-corrected chi connectivity index (χ3v) is 3.64. The fraction of sp³-hybridized carbons (Fsp3) is 0.600. The van der Waals surface area contributed by atoms with Crippen LogP contribution >= 0.6 is 0 Å². The Morgan fingerprint density at radius 2 is 2.29 bits per heavy atom. The number of hydrogen-bond acceptors (Lipinski definition) is 1. The first-order chi connectivity index (χ1) is 8.03. The molecule has 0 saturated carbocycles. The number of fused-ring (bicyclic) bond motifs is 1. The van der Waals surface area contributed by atoms with Crippen LogP contribution in [0.2, 0.25) is 0 Å². The molecule has 17 heavy (non-hydrogen) atoms. The molecule has 1 aliphatic carbocycles. The summed E-state index contributed by atoms with van der Waals surface area (Å²) in [7, 11) is 0. The van der Waals surface area contributed by atoms with Gasteiger partial charge < -0.3 is 9.67 Å². The summed E-state index contributed by atoms with van der Waals surface area (Å²) in [5, 5.41) is 10.2. The van der Waals surface area contributed by atoms with Gasteiger partial charge >= 0.3 is 0 Å². The second-order valence-electron chi connectivity index (χ2n) is 5.83. The van der Waals surface area contributed by atoms with Crippen molar-refractivity contribution < 1.29 is 5.11 Å². The summed E-state index contributed by atoms with van der Waals surface area (Å²) in [5.74, 6) is 0. The molecule has 94 valence electrons. The van der Waals surface area contributed by atoms with Crippen molar-refractivity contribution in [1.29, 1.82) is 0 Å². The van der Waals surface area contributed by atoms with Gasteiger partial charge in [-0.25, -0.2) is 0 Å². The van der Waals surface area contributed by atoms with Crippen LogP contribution < -0.4 is 0 Å². The Hall–Kier alpha value is -1.02. The van der Waals surface area contributed by atoms with Crippen LogP contribution in [0.1, 0.15) is 51.0 Å². The lowest BCUT2D eigenvalue weighted by Crippen LogP contribution is -2.26. The third kappa shape index (κ3) is 2.63. The van der Waals surface area contributed by atoms with Crippen LogP contribution in [0.15, 0.2) is 24.4 Å². The monoisotopic (exact) mass is 233 g/mol. The lowest BCUT2D eigenvalue weighted by Gasteiger charge is -2.33. The van der Waals surface area contributed by atoms with Crippen LogP contribution in [0.4, 0.5) is 0 Å². The van der Waals surface area contributed by atoms with E-state index in [0.717, 1.165) is 31.4 Å². The maximum absolute atomic E-state index is 10.2. The van der Waals surface area contributed by atoms with Crippen molar-refractivity contribution >= 4 is 0 Å². The van der Waals surface area contributed by atoms with E-state index in [4.69, 9.17) is 0 Å². The van der Waals surface area contributed by atoms with Gasteiger partial charge in [-0.1, -0.05) is 26.0 Å². The topological polar surface area (TPSA) is 25.2 Å². The molecule has 0 amide bonds. The van der Waals surface area contributed by atoms with Crippen molar-refractivity contribution in [3.8, 4) is 0 Å². The van der Waals surface area contributed by atoms with E-state index >= 15 is 0 Å². The van der Waals surface area contributed by atoms with Crippen LogP contribution in [0.5, 0.6) is 0 Å². The number of rotatable bonds is 3. The number of aromatic nitrogens is 1. The van der Waals surface area contributed by atoms with E-state index in [2.05, 4.69) is 49.8 Å². The van der Waals surface area contributed by atoms with E-state index in [-0.39, 0.29) is 11.5 Å². The van der Waals surface area contributed by atoms with E-state index < -0.39 is 0 Å². The Balaban J connectivity index is 2.21. The molecule has 0 radical (unpaired) electrons. The van der Waals surface area contributed by atoms with E-state index in [9.17, 15) is 5.11 Å². The van der Waals surface area contributed by atoms with E-state index in [1.165, 1.54) is 5.69 Å². The largest absolute Gasteiger partial charge is 0.388 e. The van der Waals surface area contributed by atoms with E-state index in [1.54, 1.807) is 0 Å². The number of nitrogens with zero attached hydrogens (tertiary/aromatic N) is 1. The zero-order chi connectivity index (χ0) is 12.5. The average molecular weight is 233 g/mol. The first-order valence-corrected chi connectivity index (χ1v) is 6.50. The molecular formula is C15H23NO. The van der Waals surface area contributed by atoms with Crippen molar-refractivity contribution in [2.75, 3.05) is 0 Å². The molecule has 1 aromatic rings. The summed E-state index contributed by atoms with van der Waals surface area (Å²) < 4.78 is 2.31. The smallest absolute Gasteiger partial charge is 0.0812 e. The van der Waals surface area contributed by atoms with Gasteiger partial charge in [0, 0.05) is 24.0 Å². The van der Waals surface area contributed by atoms with Crippen molar-refractivity contribution in [2.45, 2.75) is 52.7 Å². The quantitative estimate of drug-likeness (QED) is 0.795. The molecule has 1 unspecified atom stereocenters. The van der Waals surface area contributed by atoms with Gasteiger partial charge in [-0.3, -0.25) is 0 Å². The molecule has 1 atom stereocenters. The van der Waals surface area contributed by atoms with Crippen LogP contribution in [-0.4, -0.2) is 9.67 Å². The highest BCUT2D eigenvalue weighted by atomic mass is 16.3. The predicted octanol–water partition coefficient (Wildman–Crippen LogP) is 3.46. The lowest BCUT2D eigenvalue weighted by molar-refractivity contribution is 0.0980. The SMILES string of the molecule is C/C=C/CCn1ccc2c1CC(C)(C)CC2O. The lowest BCUT2D eigenvalue weighted by atomic mass is 9.75. The number of allylic oxidation sites excluding steroid dienone is 2. The van der Waals surface area contributed by atoms with Crippen molar-refractivity contribution in [3.63, 3.8) is 0 Å². The number of aryl methyl sites for hydroxylation is 1. The average Bonchev–Trinajstić information content (AvgIpc) is 2.60. The van der Waals surface area contributed by atoms with Crippen molar-refractivity contribution in [1.82, 2.24) is 4.57 Å². The molecule has 0 aromatic carbocycles. The minimum absolute atomic E-state index is 0.211. The maximum Gasteiger partial charge on any atom is 0.0812 e. The fourth-order valence-electron chi connectivity index (χ4n) is 2.78. The number of aliphatic hydroxyl groups is 1. The Labute approximate surface area is 104 Å². The zero-order valence-corrected chi connectivity index (χ0v) is 11.1. The molecule has 2 heteroatoms. The molecule has 0 saturated heterocycles. The molecule has 0 spiro atoms. The standard InChI is InChI=1S/C15H23NO/c1-4-5-6-8-16-9-7-12-13(16)10-15(2,3)11-14(12)17/h4-5,7,9,14,17H,6,8,10-11H2,1-3H3/b5-4+. The van der Waals surface area contributed by atoms with Gasteiger partial charge in [0.1, 0.15) is 0 Å². The van der Waals surface area contributed by atoms with Gasteiger partial charge in [0.25, 0.3) is 0 Å². The Morgan fingerprint density at radius 3 is 3.00 bits per heavy atom. The molecule has 1 heterocycles. The number of aliphatic hydroxyl groups excluding tert-OH is 1. The molecule has 0 fully saturated rings. The van der Waals surface area contributed by atoms with Crippen LogP contribution in [0.3, 0.4) is 0 Å². The second-order valence-corrected chi connectivity index (χ2v) is 5.83. The number of hydrogen-bond donors (Lipinski definition) is 1. The normalized spacial score (nSPS) is 22.9. The molecule has 0 bridgehead atoms. The highest BCUT2D eigenvalue weighted by molar-refractivity contribution is 5.29. The van der Waals surface area contributed by atoms with Crippen molar-refractivity contribution in [3.05, 3.63) is 35.7 Å². The van der Waals surface area contributed by atoms with Crippen LogP contribution in [0.25, 0.3) is 0 Å². The minimum atomic E-state index is -0.281. The molecule has 1 N–H and O–H groups in total.